The van der Waals surface area contributed by atoms with Crippen molar-refractivity contribution in [2.45, 2.75) is 13.5 Å². The Labute approximate surface area is 165 Å². The summed E-state index contributed by atoms with van der Waals surface area (Å²) < 4.78 is 13.9. The Morgan fingerprint density at radius 3 is 2.59 bits per heavy atom. The number of aryl methyl sites for hydroxylation is 1. The van der Waals surface area contributed by atoms with Crippen molar-refractivity contribution in [3.05, 3.63) is 68.5 Å². The number of aromatic hydroxyl groups is 1. The van der Waals surface area contributed by atoms with E-state index in [4.69, 9.17) is 23.2 Å². The number of carbonyl (C=O) groups excluding carboxylic acids is 1. The van der Waals surface area contributed by atoms with Crippen LogP contribution in [0.4, 0.5) is 4.39 Å². The fourth-order valence-electron chi connectivity index (χ4n) is 2.44. The molecule has 0 atom stereocenters. The standard InChI is InChI=1S/C19H15Cl2FN2O3/c1-10-5-17(25)15(21)7-13(10)18(26)14(8-23)19(27)24(2)9-11-6-12(20)3-4-16(11)22/h3-7,25-26H,9H2,1-2H3/b18-14-. The molecule has 0 saturated carbocycles. The maximum Gasteiger partial charge on any atom is 0.268 e. The fraction of sp³-hybridized carbons (Fsp3) is 0.158. The van der Waals surface area contributed by atoms with Crippen LogP contribution >= 0.6 is 23.2 Å². The number of amides is 1. The van der Waals surface area contributed by atoms with E-state index in [2.05, 4.69) is 0 Å². The van der Waals surface area contributed by atoms with Gasteiger partial charge in [0, 0.05) is 29.7 Å². The zero-order valence-corrected chi connectivity index (χ0v) is 15.9. The third-order valence-corrected chi connectivity index (χ3v) is 4.41. The zero-order valence-electron chi connectivity index (χ0n) is 14.4. The Hall–Kier alpha value is -2.75. The molecule has 0 spiro atoms. The van der Waals surface area contributed by atoms with Gasteiger partial charge in [0.05, 0.1) is 5.02 Å². The first-order valence-electron chi connectivity index (χ1n) is 7.68. The van der Waals surface area contributed by atoms with Crippen LogP contribution in [0, 0.1) is 24.1 Å². The van der Waals surface area contributed by atoms with Crippen molar-refractivity contribution >= 4 is 34.9 Å². The molecule has 2 N–H and O–H groups in total. The normalized spacial score (nSPS) is 11.6. The van der Waals surface area contributed by atoms with E-state index in [1.807, 2.05) is 0 Å². The second kappa shape index (κ2) is 8.30. The Kier molecular flexibility index (Phi) is 6.32. The Bertz CT molecular complexity index is 984. The molecule has 0 aromatic heterocycles. The molecule has 2 rings (SSSR count). The van der Waals surface area contributed by atoms with Gasteiger partial charge in [-0.1, -0.05) is 23.2 Å². The Morgan fingerprint density at radius 2 is 1.96 bits per heavy atom. The Balaban J connectivity index is 2.39. The highest BCUT2D eigenvalue weighted by Gasteiger charge is 2.23. The minimum Gasteiger partial charge on any atom is -0.506 e. The van der Waals surface area contributed by atoms with Crippen LogP contribution in [0.5, 0.6) is 5.75 Å². The molecule has 0 aliphatic carbocycles. The van der Waals surface area contributed by atoms with Gasteiger partial charge in [0.15, 0.2) is 5.57 Å². The highest BCUT2D eigenvalue weighted by Crippen LogP contribution is 2.31. The molecule has 0 fully saturated rings. The summed E-state index contributed by atoms with van der Waals surface area (Å²) in [7, 11) is 1.37. The number of nitrogens with zero attached hydrogens (tertiary/aromatic N) is 2. The summed E-state index contributed by atoms with van der Waals surface area (Å²) in [6.45, 7) is 1.42. The van der Waals surface area contributed by atoms with Crippen molar-refractivity contribution in [2.24, 2.45) is 0 Å². The van der Waals surface area contributed by atoms with Gasteiger partial charge >= 0.3 is 0 Å². The number of halogens is 3. The second-order valence-corrected chi connectivity index (χ2v) is 6.69. The van der Waals surface area contributed by atoms with Gasteiger partial charge in [-0.05, 0) is 42.8 Å². The van der Waals surface area contributed by atoms with E-state index in [1.165, 1.54) is 37.4 Å². The summed E-state index contributed by atoms with van der Waals surface area (Å²) in [5.74, 6) is -2.13. The van der Waals surface area contributed by atoms with Gasteiger partial charge in [0.2, 0.25) is 0 Å². The molecule has 0 aliphatic heterocycles. The Morgan fingerprint density at radius 1 is 1.30 bits per heavy atom. The van der Waals surface area contributed by atoms with Crippen molar-refractivity contribution in [2.75, 3.05) is 7.05 Å². The number of phenols is 1. The third kappa shape index (κ3) is 4.51. The highest BCUT2D eigenvalue weighted by molar-refractivity contribution is 6.32. The van der Waals surface area contributed by atoms with E-state index in [1.54, 1.807) is 13.0 Å². The number of carbonyl (C=O) groups is 1. The number of hydrogen-bond donors (Lipinski definition) is 2. The van der Waals surface area contributed by atoms with Crippen LogP contribution < -0.4 is 0 Å². The summed E-state index contributed by atoms with van der Waals surface area (Å²) in [6, 6.07) is 8.16. The minimum absolute atomic E-state index is 0.0405. The van der Waals surface area contributed by atoms with Crippen LogP contribution in [0.3, 0.4) is 0 Å². The quantitative estimate of drug-likeness (QED) is 0.439. The van der Waals surface area contributed by atoms with Crippen LogP contribution in [0.2, 0.25) is 10.0 Å². The first-order valence-corrected chi connectivity index (χ1v) is 8.43. The molecule has 0 saturated heterocycles. The minimum atomic E-state index is -0.807. The molecule has 0 aliphatic rings. The largest absolute Gasteiger partial charge is 0.506 e. The first-order chi connectivity index (χ1) is 12.6. The van der Waals surface area contributed by atoms with E-state index in [0.29, 0.717) is 10.6 Å². The number of hydrogen-bond acceptors (Lipinski definition) is 4. The zero-order chi connectivity index (χ0) is 20.3. The van der Waals surface area contributed by atoms with Crippen LogP contribution in [-0.2, 0) is 11.3 Å². The SMILES string of the molecule is Cc1cc(O)c(Cl)cc1/C(O)=C(\C#N)C(=O)N(C)Cc1cc(Cl)ccc1F. The van der Waals surface area contributed by atoms with E-state index >= 15 is 0 Å². The molecule has 5 nitrogen and oxygen atoms in total. The third-order valence-electron chi connectivity index (χ3n) is 3.87. The predicted molar refractivity (Wildman–Crippen MR) is 101 cm³/mol. The molecule has 27 heavy (non-hydrogen) atoms. The number of rotatable bonds is 4. The topological polar surface area (TPSA) is 84.6 Å². The number of aliphatic hydroxyl groups is 1. The molecule has 140 valence electrons. The van der Waals surface area contributed by atoms with Gasteiger partial charge < -0.3 is 15.1 Å². The second-order valence-electron chi connectivity index (χ2n) is 5.85. The molecular formula is C19H15Cl2FN2O3. The van der Waals surface area contributed by atoms with Crippen molar-refractivity contribution in [3.8, 4) is 11.8 Å². The van der Waals surface area contributed by atoms with Crippen LogP contribution in [0.1, 0.15) is 16.7 Å². The summed E-state index contributed by atoms with van der Waals surface area (Å²) in [5.41, 5.74) is 0.173. The lowest BCUT2D eigenvalue weighted by Gasteiger charge is -2.18. The van der Waals surface area contributed by atoms with Gasteiger partial charge in [-0.25, -0.2) is 4.39 Å². The molecule has 2 aromatic rings. The van der Waals surface area contributed by atoms with Gasteiger partial charge in [0.25, 0.3) is 5.91 Å². The number of phenolic OH excluding ortho intramolecular Hbond substituents is 1. The lowest BCUT2D eigenvalue weighted by molar-refractivity contribution is -0.126. The average molecular weight is 409 g/mol. The monoisotopic (exact) mass is 408 g/mol. The molecule has 8 heteroatoms. The van der Waals surface area contributed by atoms with Gasteiger partial charge in [-0.3, -0.25) is 4.79 Å². The van der Waals surface area contributed by atoms with Crippen LogP contribution in [0.25, 0.3) is 5.76 Å². The lowest BCUT2D eigenvalue weighted by Crippen LogP contribution is -2.28. The van der Waals surface area contributed by atoms with Crippen LogP contribution in [-0.4, -0.2) is 28.1 Å². The number of nitriles is 1. The maximum atomic E-state index is 13.9. The van der Waals surface area contributed by atoms with Crippen molar-refractivity contribution < 1.29 is 19.4 Å². The molecule has 0 radical (unpaired) electrons. The average Bonchev–Trinajstić information content (AvgIpc) is 2.61. The van der Waals surface area contributed by atoms with Gasteiger partial charge in [-0.2, -0.15) is 5.26 Å². The molecule has 0 unspecified atom stereocenters. The summed E-state index contributed by atoms with van der Waals surface area (Å²) >= 11 is 11.7. The molecular weight excluding hydrogens is 394 g/mol. The van der Waals surface area contributed by atoms with Crippen LogP contribution in [0.15, 0.2) is 35.9 Å². The first kappa shape index (κ1) is 20.6. The number of aliphatic hydroxyl groups excluding tert-OH is 1. The van der Waals surface area contributed by atoms with Gasteiger partial charge in [0.1, 0.15) is 23.4 Å². The fourth-order valence-corrected chi connectivity index (χ4v) is 2.80. The van der Waals surface area contributed by atoms with E-state index in [-0.39, 0.29) is 28.4 Å². The highest BCUT2D eigenvalue weighted by atomic mass is 35.5. The summed E-state index contributed by atoms with van der Waals surface area (Å²) in [6.07, 6.45) is 0. The van der Waals surface area contributed by atoms with E-state index in [0.717, 1.165) is 4.90 Å². The smallest absolute Gasteiger partial charge is 0.268 e. The molecule has 0 bridgehead atoms. The molecule has 0 heterocycles. The van der Waals surface area contributed by atoms with E-state index in [9.17, 15) is 24.7 Å². The van der Waals surface area contributed by atoms with Crippen molar-refractivity contribution in [3.63, 3.8) is 0 Å². The number of benzene rings is 2. The lowest BCUT2D eigenvalue weighted by atomic mass is 10.0. The molecule has 2 aromatic carbocycles. The van der Waals surface area contributed by atoms with E-state index < -0.39 is 23.1 Å². The summed E-state index contributed by atoms with van der Waals surface area (Å²) in [4.78, 5) is 13.7. The van der Waals surface area contributed by atoms with Crippen molar-refractivity contribution in [1.29, 1.82) is 5.26 Å². The molecule has 1 amide bonds. The van der Waals surface area contributed by atoms with Gasteiger partial charge in [-0.15, -0.1) is 0 Å². The number of likely N-dealkylation sites (N-methyl/N-ethyl adjacent to an activating group) is 1. The van der Waals surface area contributed by atoms with Crippen molar-refractivity contribution in [1.82, 2.24) is 4.90 Å². The summed E-state index contributed by atoms with van der Waals surface area (Å²) in [5, 5.41) is 29.7. The maximum absolute atomic E-state index is 13.9. The predicted octanol–water partition coefficient (Wildman–Crippen LogP) is 4.60.